The van der Waals surface area contributed by atoms with Crippen molar-refractivity contribution in [2.24, 2.45) is 0 Å². The van der Waals surface area contributed by atoms with Crippen molar-refractivity contribution in [3.05, 3.63) is 52.8 Å². The Morgan fingerprint density at radius 3 is 2.40 bits per heavy atom. The molecule has 0 atom stereocenters. The Bertz CT molecular complexity index is 1060. The molecular weight excluding hydrogens is 418 g/mol. The molecule has 0 aliphatic carbocycles. The van der Waals surface area contributed by atoms with Crippen LogP contribution in [0.1, 0.15) is 22.4 Å². The number of aromatic nitrogens is 2. The molecule has 158 valence electrons. The van der Waals surface area contributed by atoms with Gasteiger partial charge in [-0.1, -0.05) is 10.3 Å². The second-order valence-corrected chi connectivity index (χ2v) is 6.27. The fraction of sp³-hybridized carbons (Fsp3) is 0.278. The van der Waals surface area contributed by atoms with Gasteiger partial charge in [-0.15, -0.1) is 0 Å². The average molecular weight is 430 g/mol. The SMILES string of the molecule is Cc1c(CN(CC(F)(F)F)c2ccc(C#N)c(C(F)(F)F)c2)noc1-c1ccno1. The van der Waals surface area contributed by atoms with Crippen LogP contribution < -0.4 is 4.90 Å². The first-order valence-electron chi connectivity index (χ1n) is 8.29. The number of hydrogen-bond acceptors (Lipinski definition) is 6. The summed E-state index contributed by atoms with van der Waals surface area (Å²) in [7, 11) is 0. The summed E-state index contributed by atoms with van der Waals surface area (Å²) in [6.07, 6.45) is -8.28. The highest BCUT2D eigenvalue weighted by atomic mass is 19.4. The molecule has 0 N–H and O–H groups in total. The zero-order valence-corrected chi connectivity index (χ0v) is 15.2. The molecule has 3 aromatic rings. The predicted molar refractivity (Wildman–Crippen MR) is 90.0 cm³/mol. The van der Waals surface area contributed by atoms with Gasteiger partial charge in [-0.25, -0.2) is 0 Å². The number of halogens is 6. The van der Waals surface area contributed by atoms with E-state index in [1.165, 1.54) is 25.3 Å². The second-order valence-electron chi connectivity index (χ2n) is 6.27. The standard InChI is InChI=1S/C18H12F6N4O2/c1-10-14(27-30-16(10)15-4-5-26-29-15)8-28(9-17(19,20)21)12-3-2-11(7-25)13(6-12)18(22,23)24/h2-6H,8-9H2,1H3. The van der Waals surface area contributed by atoms with Gasteiger partial charge in [-0.3, -0.25) is 0 Å². The lowest BCUT2D eigenvalue weighted by Crippen LogP contribution is -2.34. The van der Waals surface area contributed by atoms with E-state index in [-0.39, 0.29) is 22.9 Å². The fourth-order valence-corrected chi connectivity index (χ4v) is 2.78. The van der Waals surface area contributed by atoms with Crippen molar-refractivity contribution in [2.45, 2.75) is 25.8 Å². The Labute approximate surface area is 165 Å². The van der Waals surface area contributed by atoms with Gasteiger partial charge in [0.25, 0.3) is 0 Å². The molecule has 30 heavy (non-hydrogen) atoms. The first-order chi connectivity index (χ1) is 14.0. The zero-order chi connectivity index (χ0) is 22.1. The summed E-state index contributed by atoms with van der Waals surface area (Å²) in [5, 5.41) is 16.1. The van der Waals surface area contributed by atoms with Gasteiger partial charge in [0.05, 0.1) is 29.9 Å². The van der Waals surface area contributed by atoms with Gasteiger partial charge in [0.15, 0.2) is 0 Å². The van der Waals surface area contributed by atoms with Crippen LogP contribution >= 0.6 is 0 Å². The molecule has 0 aliphatic heterocycles. The molecular formula is C18H12F6N4O2. The molecule has 1 aromatic carbocycles. The summed E-state index contributed by atoms with van der Waals surface area (Å²) in [5.74, 6) is 0.344. The molecule has 0 unspecified atom stereocenters. The molecule has 0 saturated carbocycles. The largest absolute Gasteiger partial charge is 0.417 e. The van der Waals surface area contributed by atoms with Gasteiger partial charge in [-0.05, 0) is 25.1 Å². The van der Waals surface area contributed by atoms with Crippen molar-refractivity contribution < 1.29 is 35.4 Å². The van der Waals surface area contributed by atoms with Gasteiger partial charge >= 0.3 is 12.4 Å². The highest BCUT2D eigenvalue weighted by Crippen LogP contribution is 2.36. The Balaban J connectivity index is 2.00. The number of anilines is 1. The van der Waals surface area contributed by atoms with Gasteiger partial charge in [-0.2, -0.15) is 31.6 Å². The first-order valence-corrected chi connectivity index (χ1v) is 8.29. The molecule has 0 saturated heterocycles. The molecule has 12 heteroatoms. The minimum Gasteiger partial charge on any atom is -0.356 e. The van der Waals surface area contributed by atoms with E-state index >= 15 is 0 Å². The van der Waals surface area contributed by atoms with E-state index < -0.39 is 36.6 Å². The number of alkyl halides is 6. The second kappa shape index (κ2) is 7.74. The molecule has 2 heterocycles. The monoisotopic (exact) mass is 430 g/mol. The molecule has 0 fully saturated rings. The average Bonchev–Trinajstić information content (AvgIpc) is 3.29. The topological polar surface area (TPSA) is 79.1 Å². The maximum atomic E-state index is 13.2. The van der Waals surface area contributed by atoms with Crippen molar-refractivity contribution in [2.75, 3.05) is 11.4 Å². The molecule has 0 amide bonds. The van der Waals surface area contributed by atoms with E-state index in [4.69, 9.17) is 14.3 Å². The summed E-state index contributed by atoms with van der Waals surface area (Å²) >= 11 is 0. The highest BCUT2D eigenvalue weighted by molar-refractivity contribution is 5.57. The van der Waals surface area contributed by atoms with Gasteiger partial charge in [0.2, 0.25) is 11.5 Å². The summed E-state index contributed by atoms with van der Waals surface area (Å²) in [4.78, 5) is 0.672. The number of nitrogens with zero attached hydrogens (tertiary/aromatic N) is 4. The molecule has 6 nitrogen and oxygen atoms in total. The van der Waals surface area contributed by atoms with Crippen LogP contribution in [0.5, 0.6) is 0 Å². The van der Waals surface area contributed by atoms with E-state index in [1.54, 1.807) is 0 Å². The van der Waals surface area contributed by atoms with Crippen LogP contribution in [0.3, 0.4) is 0 Å². The zero-order valence-electron chi connectivity index (χ0n) is 15.2. The van der Waals surface area contributed by atoms with Crippen LogP contribution in [0, 0.1) is 18.3 Å². The molecule has 0 aliphatic rings. The number of rotatable bonds is 5. The van der Waals surface area contributed by atoms with E-state index in [1.807, 2.05) is 0 Å². The van der Waals surface area contributed by atoms with Crippen molar-refractivity contribution in [1.29, 1.82) is 5.26 Å². The van der Waals surface area contributed by atoms with Crippen LogP contribution in [-0.2, 0) is 12.7 Å². The molecule has 0 bridgehead atoms. The third-order valence-electron chi connectivity index (χ3n) is 4.19. The smallest absolute Gasteiger partial charge is 0.356 e. The Morgan fingerprint density at radius 2 is 1.83 bits per heavy atom. The summed E-state index contributed by atoms with van der Waals surface area (Å²) < 4.78 is 89.1. The summed E-state index contributed by atoms with van der Waals surface area (Å²) in [5.41, 5.74) is -1.97. The van der Waals surface area contributed by atoms with Crippen LogP contribution in [0.2, 0.25) is 0 Å². The molecule has 0 spiro atoms. The lowest BCUT2D eigenvalue weighted by Gasteiger charge is -2.26. The molecule has 2 aromatic heterocycles. The predicted octanol–water partition coefficient (Wildman–Crippen LogP) is 5.10. The number of hydrogen-bond donors (Lipinski definition) is 0. The van der Waals surface area contributed by atoms with Crippen molar-refractivity contribution in [1.82, 2.24) is 10.3 Å². The number of nitriles is 1. The van der Waals surface area contributed by atoms with Gasteiger partial charge in [0.1, 0.15) is 12.2 Å². The van der Waals surface area contributed by atoms with Crippen LogP contribution in [0.15, 0.2) is 39.5 Å². The van der Waals surface area contributed by atoms with Crippen molar-refractivity contribution >= 4 is 5.69 Å². The Hall–Kier alpha value is -3.49. The van der Waals surface area contributed by atoms with Crippen LogP contribution in [-0.4, -0.2) is 23.0 Å². The van der Waals surface area contributed by atoms with E-state index in [0.717, 1.165) is 12.1 Å². The maximum absolute atomic E-state index is 13.2. The highest BCUT2D eigenvalue weighted by Gasteiger charge is 2.36. The van der Waals surface area contributed by atoms with Crippen LogP contribution in [0.4, 0.5) is 32.0 Å². The summed E-state index contributed by atoms with van der Waals surface area (Å²) in [6, 6.07) is 5.21. The quantitative estimate of drug-likeness (QED) is 0.525. The van der Waals surface area contributed by atoms with E-state index in [0.29, 0.717) is 16.5 Å². The van der Waals surface area contributed by atoms with Crippen molar-refractivity contribution in [3.63, 3.8) is 0 Å². The lowest BCUT2D eigenvalue weighted by atomic mass is 10.1. The Kier molecular flexibility index (Phi) is 5.47. The fourth-order valence-electron chi connectivity index (χ4n) is 2.78. The summed E-state index contributed by atoms with van der Waals surface area (Å²) in [6.45, 7) is -0.512. The molecule has 0 radical (unpaired) electrons. The normalized spacial score (nSPS) is 12.1. The molecule has 3 rings (SSSR count). The van der Waals surface area contributed by atoms with Crippen LogP contribution in [0.25, 0.3) is 11.5 Å². The minimum atomic E-state index is -4.91. The maximum Gasteiger partial charge on any atom is 0.417 e. The third-order valence-corrected chi connectivity index (χ3v) is 4.19. The third kappa shape index (κ3) is 4.56. The van der Waals surface area contributed by atoms with E-state index in [9.17, 15) is 26.3 Å². The first kappa shape index (κ1) is 21.2. The van der Waals surface area contributed by atoms with Gasteiger partial charge in [0, 0.05) is 17.3 Å². The van der Waals surface area contributed by atoms with Crippen molar-refractivity contribution in [3.8, 4) is 17.6 Å². The van der Waals surface area contributed by atoms with E-state index in [2.05, 4.69) is 10.3 Å². The van der Waals surface area contributed by atoms with Gasteiger partial charge < -0.3 is 13.9 Å². The number of benzene rings is 1. The lowest BCUT2D eigenvalue weighted by molar-refractivity contribution is -0.137. The minimum absolute atomic E-state index is 0.0727. The Morgan fingerprint density at radius 1 is 1.10 bits per heavy atom.